The predicted octanol–water partition coefficient (Wildman–Crippen LogP) is 3.26. The molecule has 4 rings (SSSR count). The Labute approximate surface area is 126 Å². The molecule has 1 aromatic rings. The zero-order chi connectivity index (χ0) is 14.2. The van der Waals surface area contributed by atoms with E-state index in [1.165, 1.54) is 32.1 Å². The van der Waals surface area contributed by atoms with E-state index in [0.29, 0.717) is 24.4 Å². The average molecular weight is 282 g/mol. The van der Waals surface area contributed by atoms with Gasteiger partial charge in [-0.15, -0.1) is 0 Å². The van der Waals surface area contributed by atoms with E-state index in [-0.39, 0.29) is 0 Å². The minimum Gasteiger partial charge on any atom is -0.336 e. The van der Waals surface area contributed by atoms with Crippen LogP contribution in [0.2, 0.25) is 0 Å². The van der Waals surface area contributed by atoms with E-state index in [1.807, 2.05) is 18.3 Å². The smallest absolute Gasteiger partial charge is 0.227 e. The molecule has 0 aromatic carbocycles. The van der Waals surface area contributed by atoms with E-state index in [9.17, 15) is 4.79 Å². The number of hydrogen-bond donors (Lipinski definition) is 0. The van der Waals surface area contributed by atoms with E-state index >= 15 is 0 Å². The first-order valence-electron chi connectivity index (χ1n) is 8.21. The van der Waals surface area contributed by atoms with Crippen molar-refractivity contribution in [3.8, 4) is 0 Å². The van der Waals surface area contributed by atoms with Crippen molar-refractivity contribution in [3.05, 3.63) is 41.2 Å². The van der Waals surface area contributed by atoms with Gasteiger partial charge in [-0.1, -0.05) is 17.2 Å². The maximum Gasteiger partial charge on any atom is 0.227 e. The van der Waals surface area contributed by atoms with Crippen molar-refractivity contribution < 1.29 is 4.79 Å². The summed E-state index contributed by atoms with van der Waals surface area (Å²) >= 11 is 0. The molecule has 1 saturated carbocycles. The van der Waals surface area contributed by atoms with Gasteiger partial charge >= 0.3 is 0 Å². The predicted molar refractivity (Wildman–Crippen MR) is 81.7 cm³/mol. The highest BCUT2D eigenvalue weighted by atomic mass is 16.2. The first kappa shape index (κ1) is 13.1. The van der Waals surface area contributed by atoms with Gasteiger partial charge in [-0.2, -0.15) is 0 Å². The van der Waals surface area contributed by atoms with Crippen LogP contribution in [0.5, 0.6) is 0 Å². The number of fused-ring (bicyclic) bond motifs is 2. The summed E-state index contributed by atoms with van der Waals surface area (Å²) in [6.07, 6.45) is 12.8. The maximum absolute atomic E-state index is 12.7. The largest absolute Gasteiger partial charge is 0.336 e. The first-order valence-corrected chi connectivity index (χ1v) is 8.21. The molecule has 1 aromatic heterocycles. The number of hydrogen-bond acceptors (Lipinski definition) is 2. The monoisotopic (exact) mass is 282 g/mol. The van der Waals surface area contributed by atoms with Gasteiger partial charge in [-0.25, -0.2) is 0 Å². The standard InChI is InChI=1S/C18H22N2O/c21-18(9-13-3-2-8-19-12-13)20-16-6-7-17(20)11-15(10-16)14-4-1-5-14/h2-3,8,12,16-17H,1,4-7,9-11H2. The Bertz CT molecular complexity index is 556. The van der Waals surface area contributed by atoms with E-state index in [4.69, 9.17) is 0 Å². The van der Waals surface area contributed by atoms with Gasteiger partial charge in [0.25, 0.3) is 0 Å². The molecule has 2 bridgehead atoms. The van der Waals surface area contributed by atoms with Crippen LogP contribution in [0.15, 0.2) is 35.7 Å². The molecule has 3 nitrogen and oxygen atoms in total. The molecular weight excluding hydrogens is 260 g/mol. The number of pyridine rings is 1. The van der Waals surface area contributed by atoms with Crippen molar-refractivity contribution in [1.82, 2.24) is 9.88 Å². The summed E-state index contributed by atoms with van der Waals surface area (Å²) in [4.78, 5) is 19.0. The van der Waals surface area contributed by atoms with Crippen molar-refractivity contribution in [2.75, 3.05) is 0 Å². The molecule has 0 N–H and O–H groups in total. The molecule has 2 atom stereocenters. The Morgan fingerprint density at radius 3 is 2.52 bits per heavy atom. The lowest BCUT2D eigenvalue weighted by Crippen LogP contribution is -2.45. The first-order chi connectivity index (χ1) is 10.3. The minimum absolute atomic E-state index is 0.299. The topological polar surface area (TPSA) is 33.2 Å². The lowest BCUT2D eigenvalue weighted by Gasteiger charge is -2.38. The van der Waals surface area contributed by atoms with Gasteiger partial charge in [-0.3, -0.25) is 9.78 Å². The summed E-state index contributed by atoms with van der Waals surface area (Å²) in [5.74, 6) is 0.299. The molecule has 2 aliphatic heterocycles. The highest BCUT2D eigenvalue weighted by Crippen LogP contribution is 2.43. The van der Waals surface area contributed by atoms with Crippen molar-refractivity contribution in [3.63, 3.8) is 0 Å². The van der Waals surface area contributed by atoms with Crippen LogP contribution < -0.4 is 0 Å². The Hall–Kier alpha value is -1.64. The van der Waals surface area contributed by atoms with Crippen LogP contribution in [0.1, 0.15) is 50.5 Å². The number of rotatable bonds is 2. The van der Waals surface area contributed by atoms with Gasteiger partial charge in [0.2, 0.25) is 5.91 Å². The zero-order valence-electron chi connectivity index (χ0n) is 12.4. The number of nitrogens with zero attached hydrogens (tertiary/aromatic N) is 2. The SMILES string of the molecule is O=C(Cc1cccnc1)N1C2CCC1CC(=C1CCC1)C2. The van der Waals surface area contributed by atoms with Crippen LogP contribution in [0.4, 0.5) is 0 Å². The molecule has 110 valence electrons. The number of piperidine rings is 1. The number of amides is 1. The maximum atomic E-state index is 12.7. The molecular formula is C18H22N2O. The fraction of sp³-hybridized carbons (Fsp3) is 0.556. The number of carbonyl (C=O) groups is 1. The fourth-order valence-corrected chi connectivity index (χ4v) is 4.19. The summed E-state index contributed by atoms with van der Waals surface area (Å²) in [5, 5.41) is 0. The highest BCUT2D eigenvalue weighted by molar-refractivity contribution is 5.80. The van der Waals surface area contributed by atoms with Gasteiger partial charge < -0.3 is 4.90 Å². The lowest BCUT2D eigenvalue weighted by molar-refractivity contribution is -0.134. The van der Waals surface area contributed by atoms with E-state index in [0.717, 1.165) is 18.4 Å². The molecule has 2 unspecified atom stereocenters. The second-order valence-corrected chi connectivity index (χ2v) is 6.69. The van der Waals surface area contributed by atoms with Crippen LogP contribution in [0.3, 0.4) is 0 Å². The van der Waals surface area contributed by atoms with Crippen molar-refractivity contribution in [2.45, 2.75) is 63.5 Å². The van der Waals surface area contributed by atoms with Crippen molar-refractivity contribution in [2.24, 2.45) is 0 Å². The molecule has 21 heavy (non-hydrogen) atoms. The fourth-order valence-electron chi connectivity index (χ4n) is 4.19. The quantitative estimate of drug-likeness (QED) is 0.780. The molecule has 0 radical (unpaired) electrons. The summed E-state index contributed by atoms with van der Waals surface area (Å²) in [6, 6.07) is 4.84. The van der Waals surface area contributed by atoms with Crippen LogP contribution in [-0.4, -0.2) is 27.9 Å². The third-order valence-corrected chi connectivity index (χ3v) is 5.41. The number of allylic oxidation sites excluding steroid dienone is 1. The average Bonchev–Trinajstić information content (AvgIpc) is 2.70. The van der Waals surface area contributed by atoms with Crippen LogP contribution in [0, 0.1) is 0 Å². The van der Waals surface area contributed by atoms with Crippen LogP contribution in [0.25, 0.3) is 0 Å². The van der Waals surface area contributed by atoms with Gasteiger partial charge in [-0.05, 0) is 56.6 Å². The van der Waals surface area contributed by atoms with Crippen LogP contribution in [-0.2, 0) is 11.2 Å². The second kappa shape index (κ2) is 5.28. The normalized spacial score (nSPS) is 27.7. The molecule has 1 aliphatic carbocycles. The third-order valence-electron chi connectivity index (χ3n) is 5.41. The lowest BCUT2D eigenvalue weighted by atomic mass is 9.82. The summed E-state index contributed by atoms with van der Waals surface area (Å²) in [6.45, 7) is 0. The molecule has 1 amide bonds. The molecule has 3 heterocycles. The Morgan fingerprint density at radius 1 is 1.19 bits per heavy atom. The van der Waals surface area contributed by atoms with E-state index in [1.54, 1.807) is 17.3 Å². The highest BCUT2D eigenvalue weighted by Gasteiger charge is 2.41. The molecule has 2 saturated heterocycles. The van der Waals surface area contributed by atoms with Gasteiger partial charge in [0.05, 0.1) is 6.42 Å². The van der Waals surface area contributed by atoms with Gasteiger partial charge in [0, 0.05) is 24.5 Å². The minimum atomic E-state index is 0.299. The molecule has 3 heteroatoms. The van der Waals surface area contributed by atoms with Crippen LogP contribution >= 0.6 is 0 Å². The van der Waals surface area contributed by atoms with Gasteiger partial charge in [0.1, 0.15) is 0 Å². The van der Waals surface area contributed by atoms with Gasteiger partial charge in [0.15, 0.2) is 0 Å². The van der Waals surface area contributed by atoms with Crippen molar-refractivity contribution >= 4 is 5.91 Å². The summed E-state index contributed by atoms with van der Waals surface area (Å²) in [7, 11) is 0. The second-order valence-electron chi connectivity index (χ2n) is 6.69. The van der Waals surface area contributed by atoms with E-state index in [2.05, 4.69) is 9.88 Å². The van der Waals surface area contributed by atoms with E-state index < -0.39 is 0 Å². The molecule has 3 aliphatic rings. The Kier molecular flexibility index (Phi) is 3.28. The molecule has 0 spiro atoms. The Balaban J connectivity index is 1.48. The zero-order valence-corrected chi connectivity index (χ0v) is 12.4. The third kappa shape index (κ3) is 2.39. The Morgan fingerprint density at radius 2 is 1.95 bits per heavy atom. The number of aromatic nitrogens is 1. The molecule has 3 fully saturated rings. The number of carbonyl (C=O) groups excluding carboxylic acids is 1. The summed E-state index contributed by atoms with van der Waals surface area (Å²) < 4.78 is 0. The summed E-state index contributed by atoms with van der Waals surface area (Å²) in [5.41, 5.74) is 4.44. The van der Waals surface area contributed by atoms with Crippen molar-refractivity contribution in [1.29, 1.82) is 0 Å².